The molecular formula is C15H23NO3S. The second kappa shape index (κ2) is 6.24. The van der Waals surface area contributed by atoms with Gasteiger partial charge in [-0.2, -0.15) is 4.31 Å². The number of aryl methyl sites for hydroxylation is 1. The van der Waals surface area contributed by atoms with Gasteiger partial charge in [-0.05, 0) is 38.3 Å². The lowest BCUT2D eigenvalue weighted by Crippen LogP contribution is -2.48. The second-order valence-corrected chi connectivity index (χ2v) is 7.45. The molecule has 4 nitrogen and oxygen atoms in total. The maximum atomic E-state index is 12.7. The highest BCUT2D eigenvalue weighted by molar-refractivity contribution is 7.89. The van der Waals surface area contributed by atoms with Crippen LogP contribution in [-0.2, 0) is 10.0 Å². The van der Waals surface area contributed by atoms with Crippen LogP contribution in [0.15, 0.2) is 29.2 Å². The van der Waals surface area contributed by atoms with E-state index in [1.54, 1.807) is 12.1 Å². The molecule has 20 heavy (non-hydrogen) atoms. The molecule has 1 fully saturated rings. The fourth-order valence-electron chi connectivity index (χ4n) is 2.74. The standard InChI is InChI=1S/C15H23NO3S/c1-3-4-13-7-8-14(17)11-16(13)20(18,19)15-9-5-12(2)6-10-15/h5-6,9-10,13-14,17H,3-4,7-8,11H2,1-2H3/t13-,14+/m1/s1. The Kier molecular flexibility index (Phi) is 4.83. The number of nitrogens with zero attached hydrogens (tertiary/aromatic N) is 1. The van der Waals surface area contributed by atoms with E-state index in [1.807, 2.05) is 19.1 Å². The molecule has 1 N–H and O–H groups in total. The number of rotatable bonds is 4. The first-order valence-corrected chi connectivity index (χ1v) is 8.65. The van der Waals surface area contributed by atoms with Gasteiger partial charge in [0.25, 0.3) is 0 Å². The molecule has 0 aliphatic carbocycles. The average molecular weight is 297 g/mol. The summed E-state index contributed by atoms with van der Waals surface area (Å²) in [5, 5.41) is 9.81. The van der Waals surface area contributed by atoms with Crippen molar-refractivity contribution in [2.75, 3.05) is 6.54 Å². The number of piperidine rings is 1. The van der Waals surface area contributed by atoms with Crippen molar-refractivity contribution in [1.29, 1.82) is 0 Å². The quantitative estimate of drug-likeness (QED) is 0.928. The Labute approximate surface area is 121 Å². The summed E-state index contributed by atoms with van der Waals surface area (Å²) in [7, 11) is -3.51. The van der Waals surface area contributed by atoms with Crippen LogP contribution < -0.4 is 0 Å². The second-order valence-electron chi connectivity index (χ2n) is 5.56. The van der Waals surface area contributed by atoms with Gasteiger partial charge in [0.15, 0.2) is 0 Å². The lowest BCUT2D eigenvalue weighted by molar-refractivity contribution is 0.0779. The summed E-state index contributed by atoms with van der Waals surface area (Å²) in [4.78, 5) is 0.318. The lowest BCUT2D eigenvalue weighted by Gasteiger charge is -2.37. The van der Waals surface area contributed by atoms with E-state index < -0.39 is 16.1 Å². The van der Waals surface area contributed by atoms with Crippen LogP contribution in [0.4, 0.5) is 0 Å². The van der Waals surface area contributed by atoms with Crippen LogP contribution in [0.25, 0.3) is 0 Å². The highest BCUT2D eigenvalue weighted by Crippen LogP contribution is 2.28. The van der Waals surface area contributed by atoms with Crippen molar-refractivity contribution in [3.05, 3.63) is 29.8 Å². The van der Waals surface area contributed by atoms with Crippen molar-refractivity contribution in [3.63, 3.8) is 0 Å². The molecular weight excluding hydrogens is 274 g/mol. The first kappa shape index (κ1) is 15.5. The Hall–Kier alpha value is -0.910. The van der Waals surface area contributed by atoms with Crippen LogP contribution in [0.3, 0.4) is 0 Å². The van der Waals surface area contributed by atoms with E-state index in [0.29, 0.717) is 11.3 Å². The molecule has 2 rings (SSSR count). The van der Waals surface area contributed by atoms with Crippen molar-refractivity contribution >= 4 is 10.0 Å². The molecule has 2 atom stereocenters. The Morgan fingerprint density at radius 1 is 1.25 bits per heavy atom. The highest BCUT2D eigenvalue weighted by Gasteiger charge is 2.35. The van der Waals surface area contributed by atoms with E-state index in [9.17, 15) is 13.5 Å². The Morgan fingerprint density at radius 3 is 2.50 bits per heavy atom. The number of aliphatic hydroxyl groups excluding tert-OH is 1. The highest BCUT2D eigenvalue weighted by atomic mass is 32.2. The summed E-state index contributed by atoms with van der Waals surface area (Å²) in [6, 6.07) is 6.92. The topological polar surface area (TPSA) is 57.6 Å². The van der Waals surface area contributed by atoms with Gasteiger partial charge in [-0.15, -0.1) is 0 Å². The van der Waals surface area contributed by atoms with Gasteiger partial charge in [-0.1, -0.05) is 31.0 Å². The van der Waals surface area contributed by atoms with Crippen LogP contribution >= 0.6 is 0 Å². The van der Waals surface area contributed by atoms with Crippen molar-refractivity contribution in [1.82, 2.24) is 4.31 Å². The van der Waals surface area contributed by atoms with Gasteiger partial charge in [0.1, 0.15) is 0 Å². The number of hydrogen-bond acceptors (Lipinski definition) is 3. The molecule has 112 valence electrons. The van der Waals surface area contributed by atoms with E-state index in [1.165, 1.54) is 4.31 Å². The Bertz CT molecular complexity index is 539. The van der Waals surface area contributed by atoms with E-state index in [2.05, 4.69) is 6.92 Å². The average Bonchev–Trinajstić information content (AvgIpc) is 2.41. The van der Waals surface area contributed by atoms with Gasteiger partial charge in [0.2, 0.25) is 10.0 Å². The summed E-state index contributed by atoms with van der Waals surface area (Å²) in [6.45, 7) is 4.20. The van der Waals surface area contributed by atoms with Crippen molar-refractivity contribution < 1.29 is 13.5 Å². The molecule has 0 aromatic heterocycles. The minimum atomic E-state index is -3.51. The monoisotopic (exact) mass is 297 g/mol. The summed E-state index contributed by atoms with van der Waals surface area (Å²) < 4.78 is 27.0. The predicted molar refractivity (Wildman–Crippen MR) is 79.0 cm³/mol. The summed E-state index contributed by atoms with van der Waals surface area (Å²) in [5.74, 6) is 0. The first-order valence-electron chi connectivity index (χ1n) is 7.21. The molecule has 0 amide bonds. The fraction of sp³-hybridized carbons (Fsp3) is 0.600. The third-order valence-corrected chi connectivity index (χ3v) is 5.81. The Morgan fingerprint density at radius 2 is 1.90 bits per heavy atom. The summed E-state index contributed by atoms with van der Waals surface area (Å²) in [5.41, 5.74) is 1.03. The molecule has 1 aliphatic heterocycles. The van der Waals surface area contributed by atoms with Crippen LogP contribution in [0.1, 0.15) is 38.2 Å². The molecule has 0 unspecified atom stereocenters. The van der Waals surface area contributed by atoms with Gasteiger partial charge in [0.05, 0.1) is 11.0 Å². The lowest BCUT2D eigenvalue weighted by atomic mass is 9.99. The van der Waals surface area contributed by atoms with Crippen LogP contribution in [0.2, 0.25) is 0 Å². The minimum Gasteiger partial charge on any atom is -0.392 e. The normalized spacial score (nSPS) is 24.8. The van der Waals surface area contributed by atoms with Crippen LogP contribution in [0, 0.1) is 6.92 Å². The number of hydrogen-bond donors (Lipinski definition) is 1. The number of aliphatic hydroxyl groups is 1. The molecule has 0 radical (unpaired) electrons. The molecule has 5 heteroatoms. The van der Waals surface area contributed by atoms with Crippen LogP contribution in [-0.4, -0.2) is 36.5 Å². The molecule has 0 saturated carbocycles. The number of β-amino-alcohol motifs (C(OH)–C–C–N with tert-alkyl or cyclic N) is 1. The summed E-state index contributed by atoms with van der Waals surface area (Å²) in [6.07, 6.45) is 2.66. The van der Waals surface area contributed by atoms with E-state index >= 15 is 0 Å². The zero-order valence-corrected chi connectivity index (χ0v) is 12.9. The molecule has 0 bridgehead atoms. The van der Waals surface area contributed by atoms with Gasteiger partial charge in [0, 0.05) is 12.6 Å². The minimum absolute atomic E-state index is 0.00898. The molecule has 1 saturated heterocycles. The van der Waals surface area contributed by atoms with Crippen molar-refractivity contribution in [2.24, 2.45) is 0 Å². The number of benzene rings is 1. The fourth-order valence-corrected chi connectivity index (χ4v) is 4.46. The predicted octanol–water partition coefficient (Wildman–Crippen LogP) is 2.31. The van der Waals surface area contributed by atoms with Crippen molar-refractivity contribution in [3.8, 4) is 0 Å². The summed E-state index contributed by atoms with van der Waals surface area (Å²) >= 11 is 0. The zero-order valence-electron chi connectivity index (χ0n) is 12.1. The third-order valence-electron chi connectivity index (χ3n) is 3.88. The maximum absolute atomic E-state index is 12.7. The van der Waals surface area contributed by atoms with E-state index in [-0.39, 0.29) is 12.6 Å². The molecule has 1 aromatic carbocycles. The van der Waals surface area contributed by atoms with E-state index in [4.69, 9.17) is 0 Å². The molecule has 1 aromatic rings. The van der Waals surface area contributed by atoms with Gasteiger partial charge in [-0.3, -0.25) is 0 Å². The Balaban J connectivity index is 2.31. The first-order chi connectivity index (χ1) is 9.45. The SMILES string of the molecule is CCC[C@@H]1CC[C@H](O)CN1S(=O)(=O)c1ccc(C)cc1. The van der Waals surface area contributed by atoms with Gasteiger partial charge < -0.3 is 5.11 Å². The molecule has 1 heterocycles. The van der Waals surface area contributed by atoms with Crippen LogP contribution in [0.5, 0.6) is 0 Å². The van der Waals surface area contributed by atoms with E-state index in [0.717, 1.165) is 24.8 Å². The third kappa shape index (κ3) is 3.22. The largest absolute Gasteiger partial charge is 0.392 e. The van der Waals surface area contributed by atoms with Gasteiger partial charge in [-0.25, -0.2) is 8.42 Å². The van der Waals surface area contributed by atoms with Crippen molar-refractivity contribution in [2.45, 2.75) is 56.6 Å². The molecule has 1 aliphatic rings. The maximum Gasteiger partial charge on any atom is 0.243 e. The zero-order chi connectivity index (χ0) is 14.8. The molecule has 0 spiro atoms. The smallest absolute Gasteiger partial charge is 0.243 e. The number of sulfonamides is 1. The van der Waals surface area contributed by atoms with Gasteiger partial charge >= 0.3 is 0 Å².